The van der Waals surface area contributed by atoms with Gasteiger partial charge in [0.1, 0.15) is 6.54 Å². The average molecular weight is 393 g/mol. The van der Waals surface area contributed by atoms with Crippen LogP contribution < -0.4 is 20.3 Å². The molecule has 1 heterocycles. The molecule has 144 valence electrons. The van der Waals surface area contributed by atoms with E-state index in [1.54, 1.807) is 16.8 Å². The molecule has 0 unspecified atom stereocenters. The fraction of sp³-hybridized carbons (Fsp3) is 0.278. The number of nitrogens with zero attached hydrogens (tertiary/aromatic N) is 2. The average Bonchev–Trinajstić information content (AvgIpc) is 2.94. The van der Waals surface area contributed by atoms with Crippen LogP contribution in [0, 0.1) is 13.8 Å². The molecule has 0 aliphatic carbocycles. The maximum absolute atomic E-state index is 11.9. The first-order valence-electron chi connectivity index (χ1n) is 8.03. The number of amides is 2. The summed E-state index contributed by atoms with van der Waals surface area (Å²) in [7, 11) is 2.98. The first-order valence-corrected chi connectivity index (χ1v) is 8.41. The number of hydrogen-bond acceptors (Lipinski definition) is 5. The van der Waals surface area contributed by atoms with E-state index < -0.39 is 11.8 Å². The Labute approximate surface area is 162 Å². The summed E-state index contributed by atoms with van der Waals surface area (Å²) < 4.78 is 11.9. The van der Waals surface area contributed by atoms with Gasteiger partial charge in [-0.2, -0.15) is 5.10 Å². The van der Waals surface area contributed by atoms with E-state index in [-0.39, 0.29) is 6.54 Å². The van der Waals surface area contributed by atoms with Gasteiger partial charge in [0.05, 0.1) is 24.9 Å². The minimum absolute atomic E-state index is 0.00888. The van der Waals surface area contributed by atoms with Crippen LogP contribution in [-0.2, 0) is 16.1 Å². The molecule has 2 aromatic rings. The van der Waals surface area contributed by atoms with Crippen LogP contribution in [-0.4, -0.2) is 35.8 Å². The van der Waals surface area contributed by atoms with E-state index in [4.69, 9.17) is 21.1 Å². The number of methoxy groups -OCH3 is 2. The third-order valence-electron chi connectivity index (χ3n) is 3.60. The number of aromatic nitrogens is 2. The molecular weight excluding hydrogens is 372 g/mol. The number of ether oxygens (including phenoxy) is 2. The lowest BCUT2D eigenvalue weighted by atomic mass is 10.2. The summed E-state index contributed by atoms with van der Waals surface area (Å²) in [6.07, 6.45) is 2.80. The molecule has 2 amide bonds. The van der Waals surface area contributed by atoms with E-state index >= 15 is 0 Å². The number of hydrogen-bond donors (Lipinski definition) is 2. The van der Waals surface area contributed by atoms with Crippen LogP contribution in [0.1, 0.15) is 17.0 Å². The molecular formula is C18H21ClN4O4. The second kappa shape index (κ2) is 9.09. The fourth-order valence-corrected chi connectivity index (χ4v) is 2.69. The molecule has 0 saturated carbocycles. The van der Waals surface area contributed by atoms with Crippen LogP contribution in [0.5, 0.6) is 11.5 Å². The van der Waals surface area contributed by atoms with Crippen LogP contribution in [0.15, 0.2) is 24.3 Å². The van der Waals surface area contributed by atoms with Crippen molar-refractivity contribution < 1.29 is 19.1 Å². The number of rotatable bonds is 6. The summed E-state index contributed by atoms with van der Waals surface area (Å²) >= 11 is 6.12. The Morgan fingerprint density at radius 3 is 2.52 bits per heavy atom. The minimum atomic E-state index is -0.498. The fourth-order valence-electron chi connectivity index (χ4n) is 2.39. The van der Waals surface area contributed by atoms with E-state index in [1.807, 2.05) is 19.9 Å². The number of halogens is 1. The van der Waals surface area contributed by atoms with Crippen molar-refractivity contribution in [1.29, 1.82) is 0 Å². The quantitative estimate of drug-likeness (QED) is 0.579. The highest BCUT2D eigenvalue weighted by Gasteiger charge is 2.10. The molecule has 2 N–H and O–H groups in total. The smallest absolute Gasteiger partial charge is 0.262 e. The zero-order valence-electron chi connectivity index (χ0n) is 15.5. The molecule has 0 fully saturated rings. The topological polar surface area (TPSA) is 94.5 Å². The zero-order valence-corrected chi connectivity index (χ0v) is 16.3. The molecule has 27 heavy (non-hydrogen) atoms. The van der Waals surface area contributed by atoms with Crippen LogP contribution in [0.3, 0.4) is 0 Å². The summed E-state index contributed by atoms with van der Waals surface area (Å²) in [6.45, 7) is 3.70. The van der Waals surface area contributed by atoms with Gasteiger partial charge in [0.2, 0.25) is 0 Å². The number of nitrogens with one attached hydrogen (secondary N) is 2. The van der Waals surface area contributed by atoms with E-state index in [0.717, 1.165) is 11.4 Å². The van der Waals surface area contributed by atoms with Gasteiger partial charge in [-0.3, -0.25) is 25.1 Å². The lowest BCUT2D eigenvalue weighted by Gasteiger charge is -2.10. The van der Waals surface area contributed by atoms with Gasteiger partial charge in [0.25, 0.3) is 11.8 Å². The van der Waals surface area contributed by atoms with Crippen LogP contribution in [0.4, 0.5) is 0 Å². The lowest BCUT2D eigenvalue weighted by molar-refractivity contribution is -0.127. The normalized spacial score (nSPS) is 10.7. The van der Waals surface area contributed by atoms with Crippen molar-refractivity contribution in [3.05, 3.63) is 46.2 Å². The summed E-state index contributed by atoms with van der Waals surface area (Å²) in [5.41, 5.74) is 6.97. The largest absolute Gasteiger partial charge is 0.493 e. The second-order valence-electron chi connectivity index (χ2n) is 5.69. The van der Waals surface area contributed by atoms with Crippen molar-refractivity contribution in [3.63, 3.8) is 0 Å². The molecule has 0 aliphatic rings. The predicted octanol–water partition coefficient (Wildman–Crippen LogP) is 2.03. The number of aryl methyl sites for hydroxylation is 2. The third-order valence-corrected chi connectivity index (χ3v) is 3.89. The molecule has 8 nitrogen and oxygen atoms in total. The number of carbonyl (C=O) groups excluding carboxylic acids is 2. The number of benzene rings is 1. The minimum Gasteiger partial charge on any atom is -0.493 e. The molecule has 1 aromatic carbocycles. The maximum Gasteiger partial charge on any atom is 0.262 e. The summed E-state index contributed by atoms with van der Waals surface area (Å²) in [6, 6.07) is 5.17. The highest BCUT2D eigenvalue weighted by Crippen LogP contribution is 2.36. The molecule has 9 heteroatoms. The maximum atomic E-state index is 11.9. The van der Waals surface area contributed by atoms with Gasteiger partial charge in [-0.1, -0.05) is 11.6 Å². The Balaban J connectivity index is 1.92. The Morgan fingerprint density at radius 2 is 1.93 bits per heavy atom. The van der Waals surface area contributed by atoms with Gasteiger partial charge >= 0.3 is 0 Å². The first-order chi connectivity index (χ1) is 12.8. The Morgan fingerprint density at radius 1 is 1.19 bits per heavy atom. The molecule has 2 rings (SSSR count). The summed E-state index contributed by atoms with van der Waals surface area (Å²) in [5.74, 6) is -0.0276. The van der Waals surface area contributed by atoms with E-state index in [9.17, 15) is 9.59 Å². The van der Waals surface area contributed by atoms with Gasteiger partial charge in [0.15, 0.2) is 11.5 Å². The van der Waals surface area contributed by atoms with E-state index in [2.05, 4.69) is 16.0 Å². The number of hydrazine groups is 1. The van der Waals surface area contributed by atoms with Crippen LogP contribution in [0.25, 0.3) is 6.08 Å². The van der Waals surface area contributed by atoms with Crippen molar-refractivity contribution >= 4 is 29.5 Å². The predicted molar refractivity (Wildman–Crippen MR) is 102 cm³/mol. The Bertz CT molecular complexity index is 876. The molecule has 0 aliphatic heterocycles. The highest BCUT2D eigenvalue weighted by atomic mass is 35.5. The van der Waals surface area contributed by atoms with Gasteiger partial charge in [0, 0.05) is 11.8 Å². The second-order valence-corrected chi connectivity index (χ2v) is 6.10. The lowest BCUT2D eigenvalue weighted by Crippen LogP contribution is -2.42. The van der Waals surface area contributed by atoms with E-state index in [1.165, 1.54) is 26.4 Å². The van der Waals surface area contributed by atoms with E-state index in [0.29, 0.717) is 22.1 Å². The van der Waals surface area contributed by atoms with Crippen LogP contribution >= 0.6 is 11.6 Å². The molecule has 1 aromatic heterocycles. The molecule has 0 spiro atoms. The Hall–Kier alpha value is -3.00. The van der Waals surface area contributed by atoms with Crippen LogP contribution in [0.2, 0.25) is 5.02 Å². The van der Waals surface area contributed by atoms with Gasteiger partial charge < -0.3 is 9.47 Å². The third kappa shape index (κ3) is 5.49. The SMILES string of the molecule is COc1cc(/C=C/C(=O)NNC(=O)Cn2nc(C)cc2C)cc(Cl)c1OC. The first kappa shape index (κ1) is 20.3. The van der Waals surface area contributed by atoms with Crippen molar-refractivity contribution in [3.8, 4) is 11.5 Å². The van der Waals surface area contributed by atoms with Crippen molar-refractivity contribution in [2.75, 3.05) is 14.2 Å². The molecule has 0 atom stereocenters. The molecule has 0 bridgehead atoms. The van der Waals surface area contributed by atoms with Gasteiger partial charge in [-0.15, -0.1) is 0 Å². The van der Waals surface area contributed by atoms with Crippen molar-refractivity contribution in [2.45, 2.75) is 20.4 Å². The highest BCUT2D eigenvalue weighted by molar-refractivity contribution is 6.32. The Kier molecular flexibility index (Phi) is 6.84. The number of carbonyl (C=O) groups is 2. The van der Waals surface area contributed by atoms with Gasteiger partial charge in [-0.05, 0) is 43.7 Å². The monoisotopic (exact) mass is 392 g/mol. The summed E-state index contributed by atoms with van der Waals surface area (Å²) in [5, 5.41) is 4.54. The summed E-state index contributed by atoms with van der Waals surface area (Å²) in [4.78, 5) is 23.8. The van der Waals surface area contributed by atoms with Gasteiger partial charge in [-0.25, -0.2) is 0 Å². The zero-order chi connectivity index (χ0) is 20.0. The van der Waals surface area contributed by atoms with Crippen molar-refractivity contribution in [2.24, 2.45) is 0 Å². The molecule has 0 saturated heterocycles. The van der Waals surface area contributed by atoms with Crippen molar-refractivity contribution in [1.82, 2.24) is 20.6 Å². The standard InChI is InChI=1S/C18H21ClN4O4/c1-11-7-12(2)23(22-11)10-17(25)21-20-16(24)6-5-13-8-14(19)18(27-4)15(9-13)26-3/h5-9H,10H2,1-4H3,(H,20,24)(H,21,25)/b6-5+. The molecule has 0 radical (unpaired) electrons.